The molecule has 3 atom stereocenters. The van der Waals surface area contributed by atoms with Crippen LogP contribution < -0.4 is 48.3 Å². The Hall–Kier alpha value is -9.24. The van der Waals surface area contributed by atoms with E-state index in [-0.39, 0.29) is 61.3 Å². The van der Waals surface area contributed by atoms with Crippen LogP contribution in [-0.4, -0.2) is 147 Å². The van der Waals surface area contributed by atoms with Gasteiger partial charge in [0.05, 0.1) is 32.9 Å². The third-order valence-corrected chi connectivity index (χ3v) is 26.2. The van der Waals surface area contributed by atoms with Gasteiger partial charge in [-0.3, -0.25) is 33.4 Å². The zero-order chi connectivity index (χ0) is 72.4. The molecule has 23 nitrogen and oxygen atoms in total. The van der Waals surface area contributed by atoms with Gasteiger partial charge in [0.25, 0.3) is 30.1 Å². The SMILES string of the molecule is COc1cccc2c1CCN2[C@H]1CCN(c2ccc(S(=O)(=O)Nc3nccs3)cc2)C1=O.O=C1[C@@H](N2CCN(c3ccc(Cl)cc3)CC2)CCN1c1ccc(S(=O)(=O)Nc2nccs2)cc1.O=C1[C@@H](N2CCc3c(-c4ccc(F)c(Cl)c4)cccc32)CCN1c1ccc(S(=O)(=O)Nc2nccs2)cc1.[HH].[HH].[HH].[HH]. The quantitative estimate of drug-likeness (QED) is 0.0721. The van der Waals surface area contributed by atoms with Crippen molar-refractivity contribution in [2.24, 2.45) is 0 Å². The van der Waals surface area contributed by atoms with Crippen molar-refractivity contribution in [1.82, 2.24) is 19.9 Å². The number of benzene rings is 7. The monoisotopic (exact) mass is 1560 g/mol. The largest absolute Gasteiger partial charge is 0.496 e. The molecule has 3 amide bonds. The van der Waals surface area contributed by atoms with Crippen LogP contribution >= 0.6 is 57.2 Å². The van der Waals surface area contributed by atoms with E-state index in [2.05, 4.69) is 48.7 Å². The highest BCUT2D eigenvalue weighted by molar-refractivity contribution is 7.93. The summed E-state index contributed by atoms with van der Waals surface area (Å²) in [5, 5.41) is 6.82. The normalized spacial score (nSPS) is 18.3. The van der Waals surface area contributed by atoms with Gasteiger partial charge in [-0.05, 0) is 176 Å². The third-order valence-electron chi connectivity index (χ3n) is 19.1. The zero-order valence-corrected chi connectivity index (χ0v) is 62.1. The minimum absolute atomic E-state index is 0. The molecular weight excluding hydrogens is 1490 g/mol. The van der Waals surface area contributed by atoms with Crippen molar-refractivity contribution in [3.8, 4) is 16.9 Å². The first-order valence-electron chi connectivity index (χ1n) is 33.2. The van der Waals surface area contributed by atoms with E-state index in [9.17, 15) is 44.0 Å². The summed E-state index contributed by atoms with van der Waals surface area (Å²) in [6.07, 6.45) is 8.33. The molecule has 4 fully saturated rings. The lowest BCUT2D eigenvalue weighted by atomic mass is 9.98. The molecule has 32 heteroatoms. The fraction of sp³-hybridized carbons (Fsp3) is 0.250. The molecule has 10 aromatic rings. The number of anilines is 9. The fourth-order valence-electron chi connectivity index (χ4n) is 14.0. The van der Waals surface area contributed by atoms with E-state index in [0.29, 0.717) is 71.5 Å². The van der Waals surface area contributed by atoms with Crippen molar-refractivity contribution in [3.63, 3.8) is 0 Å². The average molecular weight is 1570 g/mol. The van der Waals surface area contributed by atoms with E-state index < -0.39 is 35.9 Å². The number of piperazine rings is 1. The van der Waals surface area contributed by atoms with Crippen LogP contribution in [0, 0.1) is 5.82 Å². The second-order valence-corrected chi connectivity index (χ2v) is 33.5. The van der Waals surface area contributed by atoms with Crippen molar-refractivity contribution in [2.45, 2.75) is 64.9 Å². The maximum Gasteiger partial charge on any atom is 0.263 e. The van der Waals surface area contributed by atoms with Crippen LogP contribution in [-0.2, 0) is 57.3 Å². The number of carbonyl (C=O) groups is 3. The summed E-state index contributed by atoms with van der Waals surface area (Å²) in [6, 6.07) is 42.9. The highest BCUT2D eigenvalue weighted by atomic mass is 35.5. The topological polar surface area (TPSA) is 260 Å². The lowest BCUT2D eigenvalue weighted by Crippen LogP contribution is -2.52. The average Bonchev–Trinajstić information content (AvgIpc) is 1.62. The van der Waals surface area contributed by atoms with Gasteiger partial charge in [0.1, 0.15) is 23.7 Å². The van der Waals surface area contributed by atoms with Gasteiger partial charge in [-0.1, -0.05) is 47.5 Å². The van der Waals surface area contributed by atoms with Crippen LogP contribution in [0.15, 0.2) is 201 Å². The number of amides is 3. The minimum Gasteiger partial charge on any atom is -0.496 e. The molecular formula is C72H76Cl2FN13O10S6. The van der Waals surface area contributed by atoms with Crippen LogP contribution in [0.5, 0.6) is 5.75 Å². The number of hydrogen-bond acceptors (Lipinski definition) is 20. The van der Waals surface area contributed by atoms with E-state index >= 15 is 0 Å². The van der Waals surface area contributed by atoms with Crippen LogP contribution in [0.1, 0.15) is 36.1 Å². The molecule has 546 valence electrons. The minimum atomic E-state index is -3.77. The summed E-state index contributed by atoms with van der Waals surface area (Å²) in [4.78, 5) is 66.3. The Morgan fingerprint density at radius 3 is 1.33 bits per heavy atom. The summed E-state index contributed by atoms with van der Waals surface area (Å²) in [5.41, 5.74) is 9.33. The lowest BCUT2D eigenvalue weighted by Gasteiger charge is -2.38. The predicted octanol–water partition coefficient (Wildman–Crippen LogP) is 13.2. The number of ether oxygens (including phenoxy) is 1. The Kier molecular flexibility index (Phi) is 21.0. The van der Waals surface area contributed by atoms with E-state index in [1.807, 2.05) is 60.7 Å². The van der Waals surface area contributed by atoms with Gasteiger partial charge in [-0.25, -0.2) is 44.6 Å². The molecule has 4 saturated heterocycles. The van der Waals surface area contributed by atoms with Gasteiger partial charge in [-0.2, -0.15) is 0 Å². The molecule has 0 radical (unpaired) electrons. The second-order valence-electron chi connectivity index (χ2n) is 25.0. The van der Waals surface area contributed by atoms with Crippen LogP contribution in [0.25, 0.3) is 11.1 Å². The summed E-state index contributed by atoms with van der Waals surface area (Å²) < 4.78 is 102. The van der Waals surface area contributed by atoms with Crippen molar-refractivity contribution >= 4 is 155 Å². The zero-order valence-electron chi connectivity index (χ0n) is 55.7. The molecule has 0 saturated carbocycles. The number of carbonyl (C=O) groups excluding carboxylic acids is 3. The maximum absolute atomic E-state index is 13.7. The summed E-state index contributed by atoms with van der Waals surface area (Å²) in [6.45, 7) is 6.54. The Bertz CT molecular complexity index is 5150. The molecule has 16 rings (SSSR count). The lowest BCUT2D eigenvalue weighted by molar-refractivity contribution is -0.122. The number of halogens is 3. The molecule has 0 spiro atoms. The Morgan fingerprint density at radius 2 is 0.894 bits per heavy atom. The Balaban J connectivity index is 0.000000170. The summed E-state index contributed by atoms with van der Waals surface area (Å²) in [7, 11) is -9.55. The van der Waals surface area contributed by atoms with Crippen molar-refractivity contribution in [2.75, 3.05) is 110 Å². The number of sulfonamides is 3. The smallest absolute Gasteiger partial charge is 0.263 e. The molecule has 6 aliphatic rings. The third kappa shape index (κ3) is 15.2. The van der Waals surface area contributed by atoms with Crippen molar-refractivity contribution in [3.05, 3.63) is 213 Å². The van der Waals surface area contributed by atoms with Crippen LogP contribution in [0.4, 0.5) is 53.9 Å². The van der Waals surface area contributed by atoms with Crippen molar-refractivity contribution < 1.29 is 54.5 Å². The van der Waals surface area contributed by atoms with E-state index in [1.54, 1.807) is 92.7 Å². The first-order valence-corrected chi connectivity index (χ1v) is 41.1. The summed E-state index contributed by atoms with van der Waals surface area (Å²) >= 11 is 15.6. The molecule has 0 unspecified atom stereocenters. The standard InChI is InChI=1S/C27H22ClFN4O3S2.C23H24ClN5O3S2.C22H22N4O4S2.4H2/c28-22-16-17(4-9-23(22)29)20-2-1-3-24-21(20)10-13-33(24)25-11-14-32(26(25)34)18-5-7-19(8-6-18)38(35,36)31-27-30-12-15-37-27;24-17-1-3-18(4-2-17)27-12-14-28(15-13-27)21-9-11-29(22(21)30)19-5-7-20(8-6-19)34(31,32)26-23-25-10-16-33-23;1-30-20-4-2-3-18-17(20)9-12-26(18)19-10-13-25(21(19)27)15-5-7-16(8-6-15)32(28,29)24-22-23-11-14-31-22;;;;/h1-9,12,15-16,25H,10-11,13-14H2,(H,30,31);1-8,10,16,21H,9,11-15H2,(H,25,26);2-8,11,14,19H,9-10,12-13H2,1H3,(H,23,24);4*1H/t25-;21-;19-;;;;/m000..../s1. The van der Waals surface area contributed by atoms with Gasteiger partial charge in [0.2, 0.25) is 17.7 Å². The van der Waals surface area contributed by atoms with Gasteiger partial charge in [0, 0.05) is 144 Å². The van der Waals surface area contributed by atoms with E-state index in [1.165, 1.54) is 88.9 Å². The molecule has 7 aromatic carbocycles. The molecule has 0 aliphatic carbocycles. The van der Waals surface area contributed by atoms with E-state index in [4.69, 9.17) is 27.9 Å². The van der Waals surface area contributed by atoms with Gasteiger partial charge in [0.15, 0.2) is 15.4 Å². The molecule has 104 heavy (non-hydrogen) atoms. The highest BCUT2D eigenvalue weighted by Crippen LogP contribution is 2.42. The fourth-order valence-corrected chi connectivity index (χ4v) is 19.7. The Labute approximate surface area is 629 Å². The molecule has 6 aliphatic heterocycles. The number of hydrogen-bond donors (Lipinski definition) is 3. The highest BCUT2D eigenvalue weighted by Gasteiger charge is 2.43. The first kappa shape index (κ1) is 71.7. The number of aromatic nitrogens is 3. The number of methoxy groups -OCH3 is 1. The molecule has 9 heterocycles. The second kappa shape index (κ2) is 30.5. The molecule has 3 aromatic heterocycles. The summed E-state index contributed by atoms with van der Waals surface area (Å²) in [5.74, 6) is 0.469. The van der Waals surface area contributed by atoms with Crippen molar-refractivity contribution in [1.29, 1.82) is 0 Å². The number of nitrogens with one attached hydrogen (secondary N) is 3. The molecule has 3 N–H and O–H groups in total. The number of rotatable bonds is 18. The van der Waals surface area contributed by atoms with Crippen LogP contribution in [0.2, 0.25) is 10.0 Å². The molecule has 0 bridgehead atoms. The van der Waals surface area contributed by atoms with Gasteiger partial charge < -0.3 is 34.1 Å². The van der Waals surface area contributed by atoms with Gasteiger partial charge >= 0.3 is 0 Å². The maximum atomic E-state index is 13.7. The van der Waals surface area contributed by atoms with E-state index in [0.717, 1.165) is 102 Å². The predicted molar refractivity (Wildman–Crippen MR) is 416 cm³/mol. The number of nitrogens with zero attached hydrogens (tertiary/aromatic N) is 10. The number of thiazole rings is 3. The van der Waals surface area contributed by atoms with Gasteiger partial charge in [-0.15, -0.1) is 34.0 Å². The number of fused-ring (bicyclic) bond motifs is 2. The Morgan fingerprint density at radius 1 is 0.481 bits per heavy atom. The first-order chi connectivity index (χ1) is 50.2. The van der Waals surface area contributed by atoms with Crippen LogP contribution in [0.3, 0.4) is 0 Å².